The van der Waals surface area contributed by atoms with Crippen LogP contribution in [0, 0.1) is 46.3 Å². The van der Waals surface area contributed by atoms with Crippen molar-refractivity contribution < 1.29 is 4.79 Å². The third-order valence-electron chi connectivity index (χ3n) is 9.89. The Kier molecular flexibility index (Phi) is 4.61. The van der Waals surface area contributed by atoms with Crippen LogP contribution >= 0.6 is 0 Å². The topological polar surface area (TPSA) is 17.1 Å². The van der Waals surface area contributed by atoms with E-state index >= 15 is 0 Å². The molecular formula is C24H40O. The third-order valence-corrected chi connectivity index (χ3v) is 9.89. The highest BCUT2D eigenvalue weighted by Crippen LogP contribution is 2.67. The average Bonchev–Trinajstić information content (AvgIpc) is 2.93. The number of hydrogen-bond acceptors (Lipinski definition) is 1. The van der Waals surface area contributed by atoms with Crippen LogP contribution in [-0.4, -0.2) is 5.78 Å². The van der Waals surface area contributed by atoms with Gasteiger partial charge in [-0.1, -0.05) is 53.4 Å². The van der Waals surface area contributed by atoms with Gasteiger partial charge in [-0.2, -0.15) is 0 Å². The van der Waals surface area contributed by atoms with Crippen molar-refractivity contribution >= 4 is 5.78 Å². The number of ketones is 1. The van der Waals surface area contributed by atoms with E-state index in [1.807, 2.05) is 0 Å². The molecule has 0 amide bonds. The predicted octanol–water partition coefficient (Wildman–Crippen LogP) is 6.65. The fourth-order valence-corrected chi connectivity index (χ4v) is 8.59. The Morgan fingerprint density at radius 2 is 1.76 bits per heavy atom. The molecule has 0 saturated heterocycles. The third kappa shape index (κ3) is 2.58. The number of rotatable bonds is 3. The summed E-state index contributed by atoms with van der Waals surface area (Å²) in [4.78, 5) is 13.3. The molecule has 1 nitrogen and oxygen atoms in total. The summed E-state index contributed by atoms with van der Waals surface area (Å²) in [5, 5.41) is 0. The molecule has 0 unspecified atom stereocenters. The zero-order chi connectivity index (χ0) is 17.8. The van der Waals surface area contributed by atoms with Gasteiger partial charge in [0.1, 0.15) is 5.78 Å². The van der Waals surface area contributed by atoms with E-state index in [4.69, 9.17) is 0 Å². The normalized spacial score (nSPS) is 50.7. The van der Waals surface area contributed by atoms with Crippen LogP contribution in [0.4, 0.5) is 0 Å². The molecule has 25 heavy (non-hydrogen) atoms. The van der Waals surface area contributed by atoms with E-state index in [1.54, 1.807) is 0 Å². The highest BCUT2D eigenvalue weighted by Gasteiger charge is 2.62. The van der Waals surface area contributed by atoms with Crippen LogP contribution in [0.2, 0.25) is 0 Å². The highest BCUT2D eigenvalue weighted by molar-refractivity contribution is 5.83. The molecule has 0 radical (unpaired) electrons. The summed E-state index contributed by atoms with van der Waals surface area (Å²) in [6.45, 7) is 9.99. The first kappa shape index (κ1) is 18.1. The smallest absolute Gasteiger partial charge is 0.136 e. The van der Waals surface area contributed by atoms with Gasteiger partial charge in [-0.3, -0.25) is 4.79 Å². The van der Waals surface area contributed by atoms with Crippen LogP contribution in [0.1, 0.15) is 98.3 Å². The molecule has 4 aliphatic carbocycles. The largest absolute Gasteiger partial charge is 0.299 e. The Bertz CT molecular complexity index is 524. The Morgan fingerprint density at radius 3 is 2.52 bits per heavy atom. The molecule has 0 spiro atoms. The van der Waals surface area contributed by atoms with Crippen molar-refractivity contribution in [1.82, 2.24) is 0 Å². The molecular weight excluding hydrogens is 304 g/mol. The molecule has 0 aliphatic heterocycles. The molecule has 0 aromatic rings. The Morgan fingerprint density at radius 1 is 1.00 bits per heavy atom. The monoisotopic (exact) mass is 344 g/mol. The summed E-state index contributed by atoms with van der Waals surface area (Å²) >= 11 is 0. The summed E-state index contributed by atoms with van der Waals surface area (Å²) in [5.74, 6) is 4.90. The van der Waals surface area contributed by atoms with Gasteiger partial charge in [0.15, 0.2) is 0 Å². The number of carbonyl (C=O) groups is 1. The number of hydrogen-bond donors (Lipinski definition) is 0. The molecule has 4 aliphatic rings. The maximum atomic E-state index is 13.3. The second-order valence-corrected chi connectivity index (χ2v) is 10.9. The molecule has 4 fully saturated rings. The molecule has 142 valence electrons. The van der Waals surface area contributed by atoms with Crippen molar-refractivity contribution in [3.8, 4) is 0 Å². The number of Topliss-reactive ketones (excluding diaryl/α,β-unsaturated/α-hetero) is 1. The number of carbonyl (C=O) groups excluding carboxylic acids is 1. The molecule has 0 N–H and O–H groups in total. The van der Waals surface area contributed by atoms with E-state index < -0.39 is 0 Å². The number of fused-ring (bicyclic) bond motifs is 5. The van der Waals surface area contributed by atoms with Gasteiger partial charge in [-0.05, 0) is 78.9 Å². The van der Waals surface area contributed by atoms with E-state index in [2.05, 4.69) is 27.7 Å². The molecule has 0 aromatic carbocycles. The van der Waals surface area contributed by atoms with Crippen molar-refractivity contribution in [2.75, 3.05) is 0 Å². The molecule has 1 heteroatoms. The predicted molar refractivity (Wildman–Crippen MR) is 104 cm³/mol. The van der Waals surface area contributed by atoms with Crippen LogP contribution in [-0.2, 0) is 4.79 Å². The van der Waals surface area contributed by atoms with Gasteiger partial charge < -0.3 is 0 Å². The summed E-state index contributed by atoms with van der Waals surface area (Å²) in [6, 6.07) is 0. The molecule has 8 atom stereocenters. The molecule has 0 bridgehead atoms. The van der Waals surface area contributed by atoms with Crippen LogP contribution in [0.5, 0.6) is 0 Å². The van der Waals surface area contributed by atoms with Gasteiger partial charge in [-0.25, -0.2) is 0 Å². The first-order chi connectivity index (χ1) is 11.9. The van der Waals surface area contributed by atoms with Gasteiger partial charge in [0.05, 0.1) is 0 Å². The van der Waals surface area contributed by atoms with Gasteiger partial charge in [-0.15, -0.1) is 0 Å². The average molecular weight is 345 g/mol. The molecule has 0 aromatic heterocycles. The fourth-order valence-electron chi connectivity index (χ4n) is 8.59. The standard InChI is InChI=1S/C24H40O/c1-5-8-16(2)18-10-11-19-22-20(12-14-24(18,19)4)23(3)13-7-6-9-17(23)15-21(22)25/h16-20,22H,5-15H2,1-4H3/t16-,17+,18-,19+,20+,22+,23+,24-/m1/s1. The Balaban J connectivity index is 1.63. The van der Waals surface area contributed by atoms with E-state index in [-0.39, 0.29) is 0 Å². The van der Waals surface area contributed by atoms with Crippen LogP contribution < -0.4 is 0 Å². The minimum Gasteiger partial charge on any atom is -0.299 e. The van der Waals surface area contributed by atoms with Gasteiger partial charge in [0, 0.05) is 12.3 Å². The SMILES string of the molecule is CCC[C@@H](C)[C@H]1CC[C@H]2[C@@H]3C(=O)C[C@@H]4CCCC[C@]4(C)[C@H]3CC[C@]12C. The zero-order valence-corrected chi connectivity index (χ0v) is 17.2. The zero-order valence-electron chi connectivity index (χ0n) is 17.2. The van der Waals surface area contributed by atoms with Crippen LogP contribution in [0.3, 0.4) is 0 Å². The summed E-state index contributed by atoms with van der Waals surface area (Å²) < 4.78 is 0. The highest BCUT2D eigenvalue weighted by atomic mass is 16.1. The van der Waals surface area contributed by atoms with E-state index in [9.17, 15) is 4.79 Å². The molecule has 4 saturated carbocycles. The second-order valence-electron chi connectivity index (χ2n) is 10.9. The van der Waals surface area contributed by atoms with Gasteiger partial charge in [0.2, 0.25) is 0 Å². The Labute approximate surface area is 155 Å². The summed E-state index contributed by atoms with van der Waals surface area (Å²) in [6.07, 6.45) is 14.5. The van der Waals surface area contributed by atoms with E-state index in [1.165, 1.54) is 64.2 Å². The van der Waals surface area contributed by atoms with Crippen LogP contribution in [0.15, 0.2) is 0 Å². The van der Waals surface area contributed by atoms with Crippen molar-refractivity contribution in [3.05, 3.63) is 0 Å². The lowest BCUT2D eigenvalue weighted by Crippen LogP contribution is -2.56. The summed E-state index contributed by atoms with van der Waals surface area (Å²) in [7, 11) is 0. The van der Waals surface area contributed by atoms with E-state index in [0.717, 1.165) is 18.3 Å². The lowest BCUT2D eigenvalue weighted by molar-refractivity contribution is -0.156. The lowest BCUT2D eigenvalue weighted by Gasteiger charge is -2.60. The summed E-state index contributed by atoms with van der Waals surface area (Å²) in [5.41, 5.74) is 0.925. The second kappa shape index (κ2) is 6.38. The maximum absolute atomic E-state index is 13.3. The van der Waals surface area contributed by atoms with E-state index in [0.29, 0.717) is 40.3 Å². The van der Waals surface area contributed by atoms with Crippen molar-refractivity contribution in [2.45, 2.75) is 98.3 Å². The first-order valence-corrected chi connectivity index (χ1v) is 11.4. The minimum absolute atomic E-state index is 0.414. The van der Waals surface area contributed by atoms with Gasteiger partial charge in [0.25, 0.3) is 0 Å². The quantitative estimate of drug-likeness (QED) is 0.560. The van der Waals surface area contributed by atoms with Crippen molar-refractivity contribution in [1.29, 1.82) is 0 Å². The molecule has 0 heterocycles. The Hall–Kier alpha value is -0.330. The van der Waals surface area contributed by atoms with Gasteiger partial charge >= 0.3 is 0 Å². The van der Waals surface area contributed by atoms with Crippen molar-refractivity contribution in [3.63, 3.8) is 0 Å². The van der Waals surface area contributed by atoms with Crippen molar-refractivity contribution in [2.24, 2.45) is 46.3 Å². The fraction of sp³-hybridized carbons (Fsp3) is 0.958. The maximum Gasteiger partial charge on any atom is 0.136 e. The molecule has 4 rings (SSSR count). The lowest BCUT2D eigenvalue weighted by atomic mass is 9.44. The minimum atomic E-state index is 0.414. The first-order valence-electron chi connectivity index (χ1n) is 11.4. The van der Waals surface area contributed by atoms with Crippen LogP contribution in [0.25, 0.3) is 0 Å².